The molecule has 0 atom stereocenters. The van der Waals surface area contributed by atoms with E-state index >= 15 is 0 Å². The predicted octanol–water partition coefficient (Wildman–Crippen LogP) is 4.88. The summed E-state index contributed by atoms with van der Waals surface area (Å²) in [5, 5.41) is 7.24. The maximum absolute atomic E-state index is 12.2. The molecule has 2 amide bonds. The Balaban J connectivity index is 0.000000191. The molecule has 49 heavy (non-hydrogen) atoms. The molecule has 2 aromatic carbocycles. The summed E-state index contributed by atoms with van der Waals surface area (Å²) in [6.07, 6.45) is 4.08. The lowest BCUT2D eigenvalue weighted by molar-refractivity contribution is 0.0944. The quantitative estimate of drug-likeness (QED) is 0.255. The first-order valence-corrected chi connectivity index (χ1v) is 17.3. The maximum Gasteiger partial charge on any atom is 0.253 e. The largest absolute Gasteiger partial charge is 0.354 e. The molecule has 0 spiro atoms. The van der Waals surface area contributed by atoms with E-state index in [0.717, 1.165) is 86.6 Å². The van der Waals surface area contributed by atoms with Gasteiger partial charge in [0, 0.05) is 87.9 Å². The molecule has 4 heterocycles. The Morgan fingerprint density at radius 3 is 1.45 bits per heavy atom. The van der Waals surface area contributed by atoms with Crippen LogP contribution in [-0.2, 0) is 13.0 Å². The van der Waals surface area contributed by atoms with Crippen molar-refractivity contribution in [2.24, 2.45) is 0 Å². The van der Waals surface area contributed by atoms with Crippen molar-refractivity contribution in [2.75, 3.05) is 82.8 Å². The van der Waals surface area contributed by atoms with Crippen LogP contribution in [0.1, 0.15) is 31.8 Å². The molecule has 6 rings (SSSR count). The molecule has 2 N–H and O–H groups in total. The normalized spacial score (nSPS) is 15.3. The van der Waals surface area contributed by atoms with Gasteiger partial charge >= 0.3 is 0 Å². The van der Waals surface area contributed by atoms with Gasteiger partial charge in [0.15, 0.2) is 0 Å². The number of halogens is 2. The van der Waals surface area contributed by atoms with Gasteiger partial charge in [0.1, 0.15) is 11.6 Å². The monoisotopic (exact) mass is 702 g/mol. The summed E-state index contributed by atoms with van der Waals surface area (Å²) in [6, 6.07) is 22.6. The van der Waals surface area contributed by atoms with Gasteiger partial charge in [-0.3, -0.25) is 9.59 Å². The van der Waals surface area contributed by atoms with Crippen molar-refractivity contribution < 1.29 is 9.59 Å². The summed E-state index contributed by atoms with van der Waals surface area (Å²) < 4.78 is 0. The fraction of sp³-hybridized carbons (Fsp3) is 0.351. The van der Waals surface area contributed by atoms with E-state index in [9.17, 15) is 9.59 Å². The molecule has 0 saturated carbocycles. The Bertz CT molecular complexity index is 1620. The molecular weight excluding hydrogens is 659 g/mol. The number of piperazine rings is 2. The van der Waals surface area contributed by atoms with Gasteiger partial charge in [-0.2, -0.15) is 0 Å². The zero-order chi connectivity index (χ0) is 34.6. The third-order valence-electron chi connectivity index (χ3n) is 8.65. The zero-order valence-corrected chi connectivity index (χ0v) is 29.6. The zero-order valence-electron chi connectivity index (χ0n) is 28.1. The number of aromatic nitrogens is 2. The van der Waals surface area contributed by atoms with Gasteiger partial charge in [0.2, 0.25) is 0 Å². The fourth-order valence-electron chi connectivity index (χ4n) is 5.45. The molecule has 2 aliphatic rings. The van der Waals surface area contributed by atoms with Crippen LogP contribution in [0.4, 0.5) is 11.6 Å². The summed E-state index contributed by atoms with van der Waals surface area (Å²) >= 11 is 11.7. The predicted molar refractivity (Wildman–Crippen MR) is 198 cm³/mol. The number of benzene rings is 2. The molecule has 0 unspecified atom stereocenters. The van der Waals surface area contributed by atoms with E-state index in [1.54, 1.807) is 12.4 Å². The van der Waals surface area contributed by atoms with Crippen LogP contribution in [0.3, 0.4) is 0 Å². The van der Waals surface area contributed by atoms with E-state index in [1.165, 1.54) is 0 Å². The van der Waals surface area contributed by atoms with Crippen molar-refractivity contribution in [3.05, 3.63) is 117 Å². The van der Waals surface area contributed by atoms with Crippen LogP contribution in [0, 0.1) is 0 Å². The number of nitrogens with zero attached hydrogens (tertiary/aromatic N) is 6. The van der Waals surface area contributed by atoms with Gasteiger partial charge in [-0.15, -0.1) is 0 Å². The average Bonchev–Trinajstić information content (AvgIpc) is 3.13. The van der Waals surface area contributed by atoms with E-state index in [0.29, 0.717) is 29.2 Å². The molecule has 258 valence electrons. The number of nitrogens with one attached hydrogen (secondary N) is 2. The Morgan fingerprint density at radius 2 is 1.02 bits per heavy atom. The first-order chi connectivity index (χ1) is 23.7. The number of amides is 2. The van der Waals surface area contributed by atoms with Crippen LogP contribution in [-0.4, -0.2) is 105 Å². The third-order valence-corrected chi connectivity index (χ3v) is 9.16. The van der Waals surface area contributed by atoms with Crippen LogP contribution in [0.15, 0.2) is 85.2 Å². The van der Waals surface area contributed by atoms with E-state index < -0.39 is 0 Å². The van der Waals surface area contributed by atoms with Crippen molar-refractivity contribution in [1.82, 2.24) is 30.4 Å². The lowest BCUT2D eigenvalue weighted by Gasteiger charge is -2.33. The van der Waals surface area contributed by atoms with Crippen LogP contribution >= 0.6 is 23.2 Å². The lowest BCUT2D eigenvalue weighted by atomic mass is 10.1. The second-order valence-corrected chi connectivity index (χ2v) is 13.2. The molecule has 0 radical (unpaired) electrons. The van der Waals surface area contributed by atoms with Gasteiger partial charge in [-0.25, -0.2) is 9.97 Å². The minimum atomic E-state index is -0.123. The number of rotatable bonds is 9. The smallest absolute Gasteiger partial charge is 0.253 e. The number of hydrogen-bond acceptors (Lipinski definition) is 8. The average molecular weight is 704 g/mol. The molecular formula is C37H44Cl2N8O2. The molecule has 12 heteroatoms. The first kappa shape index (κ1) is 36.1. The van der Waals surface area contributed by atoms with Crippen LogP contribution in [0.2, 0.25) is 10.0 Å². The van der Waals surface area contributed by atoms with Crippen LogP contribution < -0.4 is 20.4 Å². The Labute approximate surface area is 299 Å². The highest BCUT2D eigenvalue weighted by Crippen LogP contribution is 2.16. The highest BCUT2D eigenvalue weighted by atomic mass is 35.5. The number of carbonyl (C=O) groups is 2. The van der Waals surface area contributed by atoms with Gasteiger partial charge in [-0.1, -0.05) is 47.5 Å². The first-order valence-electron chi connectivity index (χ1n) is 16.6. The van der Waals surface area contributed by atoms with Gasteiger partial charge in [0.25, 0.3) is 11.8 Å². The van der Waals surface area contributed by atoms with E-state index in [4.69, 9.17) is 23.2 Å². The molecule has 2 fully saturated rings. The number of hydrogen-bond donors (Lipinski definition) is 2. The maximum atomic E-state index is 12.2. The molecule has 2 aromatic heterocycles. The lowest BCUT2D eigenvalue weighted by Crippen LogP contribution is -2.44. The van der Waals surface area contributed by atoms with Crippen molar-refractivity contribution in [1.29, 1.82) is 0 Å². The molecule has 0 bridgehead atoms. The highest BCUT2D eigenvalue weighted by molar-refractivity contribution is 6.30. The second-order valence-electron chi connectivity index (χ2n) is 12.3. The summed E-state index contributed by atoms with van der Waals surface area (Å²) in [5.41, 5.74) is 3.32. The van der Waals surface area contributed by atoms with E-state index in [-0.39, 0.29) is 11.8 Å². The SMILES string of the molecule is CN1CCN(c2ccc(C(=O)NCCc3ccc(Cl)cc3)cn2)CC1.CN1CCN(c2ccc(C(=O)NCc3ccc(Cl)cc3)cn2)CC1. The van der Waals surface area contributed by atoms with Gasteiger partial charge in [0.05, 0.1) is 11.1 Å². The van der Waals surface area contributed by atoms with Crippen molar-refractivity contribution in [3.8, 4) is 0 Å². The van der Waals surface area contributed by atoms with Crippen molar-refractivity contribution >= 4 is 46.7 Å². The number of carbonyl (C=O) groups excluding carboxylic acids is 2. The minimum Gasteiger partial charge on any atom is -0.354 e. The van der Waals surface area contributed by atoms with Crippen molar-refractivity contribution in [3.63, 3.8) is 0 Å². The Hall–Kier alpha value is -4.22. The number of pyridine rings is 2. The molecule has 10 nitrogen and oxygen atoms in total. The number of likely N-dealkylation sites (N-methyl/N-ethyl adjacent to an activating group) is 2. The molecule has 2 saturated heterocycles. The van der Waals surface area contributed by atoms with E-state index in [1.807, 2.05) is 72.8 Å². The van der Waals surface area contributed by atoms with Gasteiger partial charge in [-0.05, 0) is 80.2 Å². The number of anilines is 2. The topological polar surface area (TPSA) is 96.9 Å². The molecule has 4 aromatic rings. The second kappa shape index (κ2) is 18.0. The standard InChI is InChI=1S/C19H23ClN4O.C18H21ClN4O/c1-23-10-12-24(13-11-23)18-7-4-16(14-22-18)19(25)21-9-8-15-2-5-17(20)6-3-15;1-22-8-10-23(11-9-22)17-7-4-15(13-20-17)18(24)21-12-14-2-5-16(19)6-3-14/h2-7,14H,8-13H2,1H3,(H,21,25);2-7,13H,8-12H2,1H3,(H,21,24). The minimum absolute atomic E-state index is 0.0913. The highest BCUT2D eigenvalue weighted by Gasteiger charge is 2.17. The van der Waals surface area contributed by atoms with Crippen LogP contribution in [0.5, 0.6) is 0 Å². The Kier molecular flexibility index (Phi) is 13.2. The van der Waals surface area contributed by atoms with Crippen LogP contribution in [0.25, 0.3) is 0 Å². The van der Waals surface area contributed by atoms with Gasteiger partial charge < -0.3 is 30.2 Å². The summed E-state index contributed by atoms with van der Waals surface area (Å²) in [7, 11) is 4.25. The molecule has 0 aliphatic carbocycles. The van der Waals surface area contributed by atoms with E-state index in [2.05, 4.69) is 54.3 Å². The summed E-state index contributed by atoms with van der Waals surface area (Å²) in [5.74, 6) is 1.65. The fourth-order valence-corrected chi connectivity index (χ4v) is 5.70. The summed E-state index contributed by atoms with van der Waals surface area (Å²) in [6.45, 7) is 9.06. The molecule has 2 aliphatic heterocycles. The summed E-state index contributed by atoms with van der Waals surface area (Å²) in [4.78, 5) is 42.4. The Morgan fingerprint density at radius 1 is 0.592 bits per heavy atom. The van der Waals surface area contributed by atoms with Crippen molar-refractivity contribution in [2.45, 2.75) is 13.0 Å². The third kappa shape index (κ3) is 11.2.